The van der Waals surface area contributed by atoms with Gasteiger partial charge in [-0.3, -0.25) is 9.59 Å². The third-order valence-corrected chi connectivity index (χ3v) is 1.97. The fraction of sp³-hybridized carbons (Fsp3) is 0.500. The van der Waals surface area contributed by atoms with E-state index in [1.807, 2.05) is 0 Å². The van der Waals surface area contributed by atoms with Crippen molar-refractivity contribution in [1.29, 1.82) is 0 Å². The van der Waals surface area contributed by atoms with E-state index in [1.54, 1.807) is 7.11 Å². The summed E-state index contributed by atoms with van der Waals surface area (Å²) < 4.78 is 4.87. The Balaban J connectivity index is 2.62. The lowest BCUT2D eigenvalue weighted by Gasteiger charge is -2.04. The first-order chi connectivity index (χ1) is 8.11. The smallest absolute Gasteiger partial charge is 0.251 e. The molecule has 0 aliphatic heterocycles. The minimum atomic E-state index is -0.530. The Labute approximate surface area is 98.4 Å². The molecule has 0 radical (unpaired) electrons. The van der Waals surface area contributed by atoms with Gasteiger partial charge in [0.15, 0.2) is 0 Å². The van der Waals surface area contributed by atoms with Gasteiger partial charge in [0.2, 0.25) is 5.91 Å². The Morgan fingerprint density at radius 1 is 1.65 bits per heavy atom. The van der Waals surface area contributed by atoms with Crippen molar-refractivity contribution in [1.82, 2.24) is 15.3 Å². The van der Waals surface area contributed by atoms with Crippen LogP contribution < -0.4 is 16.6 Å². The molecular weight excluding hydrogens is 224 g/mol. The maximum absolute atomic E-state index is 11.3. The molecule has 94 valence electrons. The van der Waals surface area contributed by atoms with E-state index >= 15 is 0 Å². The summed E-state index contributed by atoms with van der Waals surface area (Å²) in [7, 11) is 1.61. The van der Waals surface area contributed by atoms with Crippen LogP contribution in [0, 0.1) is 0 Å². The van der Waals surface area contributed by atoms with Crippen molar-refractivity contribution in [2.45, 2.75) is 13.0 Å². The van der Waals surface area contributed by atoms with E-state index in [4.69, 9.17) is 10.5 Å². The molecule has 0 aliphatic rings. The zero-order valence-corrected chi connectivity index (χ0v) is 9.66. The van der Waals surface area contributed by atoms with Crippen LogP contribution >= 0.6 is 0 Å². The number of ether oxygens (including phenoxy) is 1. The number of hydrogen-bond acceptors (Lipinski definition) is 5. The summed E-state index contributed by atoms with van der Waals surface area (Å²) in [5.74, 6) is -0.244. The molecule has 0 aliphatic carbocycles. The van der Waals surface area contributed by atoms with Gasteiger partial charge in [-0.25, -0.2) is 4.98 Å². The molecule has 0 fully saturated rings. The number of aromatic nitrogens is 2. The number of rotatable bonds is 7. The summed E-state index contributed by atoms with van der Waals surface area (Å²) in [6.45, 7) is 1.69. The van der Waals surface area contributed by atoms with E-state index in [2.05, 4.69) is 15.3 Å². The zero-order valence-electron chi connectivity index (χ0n) is 9.66. The Morgan fingerprint density at radius 3 is 3.06 bits per heavy atom. The highest BCUT2D eigenvalue weighted by atomic mass is 16.5. The maximum Gasteiger partial charge on any atom is 0.251 e. The number of H-pyrrole nitrogens is 1. The molecule has 17 heavy (non-hydrogen) atoms. The molecule has 0 saturated carbocycles. The topological polar surface area (TPSA) is 110 Å². The number of methoxy groups -OCH3 is 1. The van der Waals surface area contributed by atoms with Crippen molar-refractivity contribution in [3.05, 3.63) is 27.9 Å². The average Bonchev–Trinajstić information content (AvgIpc) is 2.22. The molecule has 1 rings (SSSR count). The molecule has 1 aromatic heterocycles. The highest BCUT2D eigenvalue weighted by molar-refractivity contribution is 5.75. The molecule has 0 aromatic carbocycles. The van der Waals surface area contributed by atoms with Crippen LogP contribution in [0.25, 0.3) is 0 Å². The van der Waals surface area contributed by atoms with E-state index in [1.165, 1.54) is 6.07 Å². The normalized spacial score (nSPS) is 10.4. The number of aromatic amines is 1. The van der Waals surface area contributed by atoms with Crippen LogP contribution in [0.3, 0.4) is 0 Å². The Morgan fingerprint density at radius 2 is 2.41 bits per heavy atom. The number of amides is 1. The second-order valence-corrected chi connectivity index (χ2v) is 3.50. The lowest BCUT2D eigenvalue weighted by Crippen LogP contribution is -2.23. The van der Waals surface area contributed by atoms with Gasteiger partial charge in [0.1, 0.15) is 5.82 Å². The van der Waals surface area contributed by atoms with E-state index in [0.717, 1.165) is 0 Å². The molecule has 0 atom stereocenters. The molecule has 0 unspecified atom stereocenters. The number of nitrogens with two attached hydrogens (primary N) is 1. The fourth-order valence-corrected chi connectivity index (χ4v) is 1.29. The molecule has 1 aromatic rings. The number of nitrogens with zero attached hydrogens (tertiary/aromatic N) is 1. The van der Waals surface area contributed by atoms with Gasteiger partial charge in [0, 0.05) is 26.3 Å². The lowest BCUT2D eigenvalue weighted by molar-refractivity contribution is -0.117. The summed E-state index contributed by atoms with van der Waals surface area (Å²) in [6.07, 6.45) is -0.0683. The Bertz CT molecular complexity index is 430. The molecular formula is C10H16N4O3. The van der Waals surface area contributed by atoms with E-state index in [-0.39, 0.29) is 17.8 Å². The predicted octanol–water partition coefficient (Wildman–Crippen LogP) is -1.47. The SMILES string of the molecule is COCCNCc1cc(=O)[nH]c(CC(N)=O)n1. The third kappa shape index (κ3) is 5.23. The van der Waals surface area contributed by atoms with Crippen molar-refractivity contribution in [2.24, 2.45) is 5.73 Å². The highest BCUT2D eigenvalue weighted by Gasteiger charge is 2.04. The van der Waals surface area contributed by atoms with Crippen LogP contribution in [0.4, 0.5) is 0 Å². The number of carbonyl (C=O) groups excluding carboxylic acids is 1. The van der Waals surface area contributed by atoms with Crippen LogP contribution in [-0.2, 0) is 22.5 Å². The van der Waals surface area contributed by atoms with Crippen molar-refractivity contribution in [3.63, 3.8) is 0 Å². The van der Waals surface area contributed by atoms with Crippen LogP contribution in [0.5, 0.6) is 0 Å². The number of primary amides is 1. The first-order valence-corrected chi connectivity index (χ1v) is 5.19. The Hall–Kier alpha value is -1.73. The third-order valence-electron chi connectivity index (χ3n) is 1.97. The summed E-state index contributed by atoms with van der Waals surface area (Å²) >= 11 is 0. The average molecular weight is 240 g/mol. The standard InChI is InChI=1S/C10H16N4O3/c1-17-3-2-12-6-7-4-10(16)14-9(13-7)5-8(11)15/h4,12H,2-3,5-6H2,1H3,(H2,11,15)(H,13,14,16). The van der Waals surface area contributed by atoms with Gasteiger partial charge < -0.3 is 20.8 Å². The van der Waals surface area contributed by atoms with Crippen molar-refractivity contribution >= 4 is 5.91 Å². The van der Waals surface area contributed by atoms with Gasteiger partial charge in [-0.2, -0.15) is 0 Å². The second-order valence-electron chi connectivity index (χ2n) is 3.50. The zero-order chi connectivity index (χ0) is 12.7. The number of nitrogens with one attached hydrogen (secondary N) is 2. The van der Waals surface area contributed by atoms with Crippen molar-refractivity contribution < 1.29 is 9.53 Å². The van der Waals surface area contributed by atoms with Gasteiger partial charge in [-0.15, -0.1) is 0 Å². The fourth-order valence-electron chi connectivity index (χ4n) is 1.29. The van der Waals surface area contributed by atoms with Crippen LogP contribution in [-0.4, -0.2) is 36.1 Å². The largest absolute Gasteiger partial charge is 0.383 e. The monoisotopic (exact) mass is 240 g/mol. The molecule has 7 heteroatoms. The van der Waals surface area contributed by atoms with E-state index in [0.29, 0.717) is 25.4 Å². The lowest BCUT2D eigenvalue weighted by atomic mass is 10.3. The quantitative estimate of drug-likeness (QED) is 0.504. The summed E-state index contributed by atoms with van der Waals surface area (Å²) in [5, 5.41) is 3.05. The molecule has 0 bridgehead atoms. The van der Waals surface area contributed by atoms with Crippen molar-refractivity contribution in [2.75, 3.05) is 20.3 Å². The van der Waals surface area contributed by atoms with Gasteiger partial charge in [0.05, 0.1) is 18.7 Å². The molecule has 1 heterocycles. The molecule has 0 saturated heterocycles. The molecule has 7 nitrogen and oxygen atoms in total. The summed E-state index contributed by atoms with van der Waals surface area (Å²) in [5.41, 5.74) is 5.31. The van der Waals surface area contributed by atoms with Crippen molar-refractivity contribution in [3.8, 4) is 0 Å². The van der Waals surface area contributed by atoms with E-state index < -0.39 is 5.91 Å². The predicted molar refractivity (Wildman–Crippen MR) is 61.3 cm³/mol. The van der Waals surface area contributed by atoms with E-state index in [9.17, 15) is 9.59 Å². The number of carbonyl (C=O) groups is 1. The second kappa shape index (κ2) is 6.77. The van der Waals surface area contributed by atoms with Crippen LogP contribution in [0.2, 0.25) is 0 Å². The minimum absolute atomic E-state index is 0.0683. The molecule has 1 amide bonds. The Kier molecular flexibility index (Phi) is 5.31. The summed E-state index contributed by atoms with van der Waals surface area (Å²) in [6, 6.07) is 1.38. The van der Waals surface area contributed by atoms with Gasteiger partial charge in [-0.1, -0.05) is 0 Å². The van der Waals surface area contributed by atoms with Gasteiger partial charge >= 0.3 is 0 Å². The molecule has 4 N–H and O–H groups in total. The molecule has 0 spiro atoms. The maximum atomic E-state index is 11.3. The van der Waals surface area contributed by atoms with Crippen LogP contribution in [0.15, 0.2) is 10.9 Å². The highest BCUT2D eigenvalue weighted by Crippen LogP contribution is 1.92. The first-order valence-electron chi connectivity index (χ1n) is 5.19. The first kappa shape index (κ1) is 13.3. The van der Waals surface area contributed by atoms with Crippen LogP contribution in [0.1, 0.15) is 11.5 Å². The minimum Gasteiger partial charge on any atom is -0.383 e. The van der Waals surface area contributed by atoms with Gasteiger partial charge in [0.25, 0.3) is 5.56 Å². The van der Waals surface area contributed by atoms with Gasteiger partial charge in [-0.05, 0) is 0 Å². The number of hydrogen-bond donors (Lipinski definition) is 3. The summed E-state index contributed by atoms with van der Waals surface area (Å²) in [4.78, 5) is 28.6.